The first-order chi connectivity index (χ1) is 10.7. The molecule has 0 unspecified atom stereocenters. The number of likely N-dealkylation sites (tertiary alicyclic amines) is 1. The number of hydrogen-bond acceptors (Lipinski definition) is 2. The second kappa shape index (κ2) is 5.74. The quantitative estimate of drug-likeness (QED) is 0.774. The Kier molecular flexibility index (Phi) is 4.17. The number of fused-ring (bicyclic) bond motifs is 2. The lowest BCUT2D eigenvalue weighted by Crippen LogP contribution is -2.49. The molecule has 23 heavy (non-hydrogen) atoms. The van der Waals surface area contributed by atoms with Crippen LogP contribution in [0.3, 0.4) is 0 Å². The number of hydrogen-bond donors (Lipinski definition) is 0. The Labute approximate surface area is 141 Å². The van der Waals surface area contributed by atoms with Crippen LogP contribution in [0, 0.1) is 5.92 Å². The molecule has 1 aromatic rings. The summed E-state index contributed by atoms with van der Waals surface area (Å²) in [7, 11) is -1.80. The summed E-state index contributed by atoms with van der Waals surface area (Å²) in [6.07, 6.45) is 2.13. The number of nitrogens with zero attached hydrogens (tertiary/aromatic N) is 1. The van der Waals surface area contributed by atoms with Crippen molar-refractivity contribution in [1.82, 2.24) is 4.90 Å². The van der Waals surface area contributed by atoms with Crippen LogP contribution >= 0.6 is 0 Å². The number of carbonyl (C=O) groups is 1. The van der Waals surface area contributed by atoms with Crippen LogP contribution in [0.25, 0.3) is 0 Å². The molecule has 1 aromatic carbocycles. The molecule has 4 heteroatoms. The van der Waals surface area contributed by atoms with Gasteiger partial charge in [0, 0.05) is 12.6 Å². The van der Waals surface area contributed by atoms with Gasteiger partial charge in [0.2, 0.25) is 5.91 Å². The van der Waals surface area contributed by atoms with Crippen molar-refractivity contribution >= 4 is 14.2 Å². The molecule has 3 nitrogen and oxygen atoms in total. The molecule has 1 heterocycles. The summed E-state index contributed by atoms with van der Waals surface area (Å²) in [5.74, 6) is 0.381. The van der Waals surface area contributed by atoms with Crippen LogP contribution in [-0.4, -0.2) is 31.3 Å². The first-order valence-electron chi connectivity index (χ1n) is 8.71. The standard InChI is InChI=1S/C19H29NO2Si/c1-19(2,3)23(4,5)22-17-12-15-11-16(17)18(21)20(15)13-14-9-7-6-8-10-14/h6-10,15-17H,11-13H2,1-5H3/t15-,16+,17-/m0/s1. The Morgan fingerprint density at radius 2 is 1.83 bits per heavy atom. The number of rotatable bonds is 4. The molecule has 0 aromatic heterocycles. The Balaban J connectivity index is 1.67. The zero-order valence-corrected chi connectivity index (χ0v) is 16.0. The number of benzene rings is 1. The average molecular weight is 332 g/mol. The Bertz CT molecular complexity index is 579. The van der Waals surface area contributed by atoms with Gasteiger partial charge in [-0.25, -0.2) is 0 Å². The van der Waals surface area contributed by atoms with Gasteiger partial charge in [0.25, 0.3) is 0 Å². The molecule has 0 radical (unpaired) electrons. The average Bonchev–Trinajstić information content (AvgIpc) is 2.98. The van der Waals surface area contributed by atoms with Crippen molar-refractivity contribution in [2.45, 2.75) is 70.4 Å². The van der Waals surface area contributed by atoms with Gasteiger partial charge in [-0.1, -0.05) is 51.1 Å². The molecule has 1 amide bonds. The molecule has 1 saturated heterocycles. The Hall–Kier alpha value is -1.13. The van der Waals surface area contributed by atoms with E-state index in [0.29, 0.717) is 11.9 Å². The van der Waals surface area contributed by atoms with Gasteiger partial charge in [-0.15, -0.1) is 0 Å². The van der Waals surface area contributed by atoms with Gasteiger partial charge in [0.1, 0.15) is 0 Å². The van der Waals surface area contributed by atoms with Gasteiger partial charge in [0.05, 0.1) is 12.0 Å². The lowest BCUT2D eigenvalue weighted by Gasteiger charge is -2.41. The van der Waals surface area contributed by atoms with E-state index in [-0.39, 0.29) is 17.1 Å². The van der Waals surface area contributed by atoms with E-state index in [1.807, 2.05) is 18.2 Å². The van der Waals surface area contributed by atoms with E-state index >= 15 is 0 Å². The van der Waals surface area contributed by atoms with Crippen LogP contribution in [0.4, 0.5) is 0 Å². The molecule has 1 aliphatic heterocycles. The van der Waals surface area contributed by atoms with Gasteiger partial charge in [0.15, 0.2) is 8.32 Å². The molecule has 126 valence electrons. The van der Waals surface area contributed by atoms with Crippen LogP contribution < -0.4 is 0 Å². The second-order valence-electron chi connectivity index (χ2n) is 8.60. The summed E-state index contributed by atoms with van der Waals surface area (Å²) in [5, 5.41) is 0.196. The van der Waals surface area contributed by atoms with E-state index in [9.17, 15) is 4.79 Å². The summed E-state index contributed by atoms with van der Waals surface area (Å²) < 4.78 is 6.56. The van der Waals surface area contributed by atoms with Gasteiger partial charge >= 0.3 is 0 Å². The minimum Gasteiger partial charge on any atom is -0.413 e. The predicted molar refractivity (Wildman–Crippen MR) is 95.6 cm³/mol. The SMILES string of the molecule is CC(C)(C)[Si](C)(C)O[C@H]1C[C@@H]2C[C@H]1C(=O)N2Cc1ccccc1. The summed E-state index contributed by atoms with van der Waals surface area (Å²) in [4.78, 5) is 14.9. The molecular formula is C19H29NO2Si. The minimum absolute atomic E-state index is 0.0813. The van der Waals surface area contributed by atoms with E-state index in [0.717, 1.165) is 19.4 Å². The molecule has 3 atom stereocenters. The molecule has 1 saturated carbocycles. The largest absolute Gasteiger partial charge is 0.413 e. The summed E-state index contributed by atoms with van der Waals surface area (Å²) >= 11 is 0. The predicted octanol–water partition coefficient (Wildman–Crippen LogP) is 4.20. The van der Waals surface area contributed by atoms with Crippen molar-refractivity contribution in [1.29, 1.82) is 0 Å². The van der Waals surface area contributed by atoms with Crippen LogP contribution in [0.5, 0.6) is 0 Å². The molecule has 2 fully saturated rings. The van der Waals surface area contributed by atoms with E-state index < -0.39 is 8.32 Å². The summed E-state index contributed by atoms with van der Waals surface area (Å²) in [6.45, 7) is 12.1. The van der Waals surface area contributed by atoms with Crippen molar-refractivity contribution < 1.29 is 9.22 Å². The molecule has 1 aliphatic carbocycles. The molecule has 2 aliphatic rings. The Morgan fingerprint density at radius 3 is 2.39 bits per heavy atom. The maximum absolute atomic E-state index is 12.8. The Morgan fingerprint density at radius 1 is 1.17 bits per heavy atom. The van der Waals surface area contributed by atoms with Crippen molar-refractivity contribution in [3.8, 4) is 0 Å². The van der Waals surface area contributed by atoms with E-state index in [4.69, 9.17) is 4.43 Å². The fourth-order valence-electron chi connectivity index (χ4n) is 3.55. The van der Waals surface area contributed by atoms with Crippen molar-refractivity contribution in [2.24, 2.45) is 5.92 Å². The number of piperidine rings is 1. The zero-order valence-electron chi connectivity index (χ0n) is 15.0. The number of carbonyl (C=O) groups excluding carboxylic acids is 1. The molecule has 2 bridgehead atoms. The highest BCUT2D eigenvalue weighted by Crippen LogP contribution is 2.45. The normalized spacial score (nSPS) is 27.8. The summed E-state index contributed by atoms with van der Waals surface area (Å²) in [6, 6.07) is 10.7. The third kappa shape index (κ3) is 3.11. The summed E-state index contributed by atoms with van der Waals surface area (Å²) in [5.41, 5.74) is 1.22. The van der Waals surface area contributed by atoms with Crippen LogP contribution in [0.2, 0.25) is 18.1 Å². The van der Waals surface area contributed by atoms with Crippen molar-refractivity contribution in [2.75, 3.05) is 0 Å². The van der Waals surface area contributed by atoms with Crippen LogP contribution in [-0.2, 0) is 15.8 Å². The molecular weight excluding hydrogens is 302 g/mol. The fraction of sp³-hybridized carbons (Fsp3) is 0.632. The molecule has 0 spiro atoms. The first kappa shape index (κ1) is 16.7. The maximum Gasteiger partial charge on any atom is 0.228 e. The zero-order chi connectivity index (χ0) is 16.8. The highest BCUT2D eigenvalue weighted by Gasteiger charge is 2.53. The monoisotopic (exact) mass is 331 g/mol. The second-order valence-corrected chi connectivity index (χ2v) is 13.4. The first-order valence-corrected chi connectivity index (χ1v) is 11.6. The van der Waals surface area contributed by atoms with Crippen molar-refractivity contribution in [3.63, 3.8) is 0 Å². The third-order valence-corrected chi connectivity index (χ3v) is 10.5. The smallest absolute Gasteiger partial charge is 0.228 e. The third-order valence-electron chi connectivity index (χ3n) is 5.97. The van der Waals surface area contributed by atoms with Gasteiger partial charge in [-0.3, -0.25) is 4.79 Å². The highest BCUT2D eigenvalue weighted by molar-refractivity contribution is 6.74. The minimum atomic E-state index is -1.80. The maximum atomic E-state index is 12.8. The van der Waals surface area contributed by atoms with Gasteiger partial charge < -0.3 is 9.33 Å². The fourth-order valence-corrected chi connectivity index (χ4v) is 4.92. The molecule has 3 rings (SSSR count). The lowest BCUT2D eigenvalue weighted by molar-refractivity contribution is -0.138. The lowest BCUT2D eigenvalue weighted by atomic mass is 10.0. The van der Waals surface area contributed by atoms with Crippen LogP contribution in [0.1, 0.15) is 39.2 Å². The van der Waals surface area contributed by atoms with E-state index in [2.05, 4.69) is 50.9 Å². The van der Waals surface area contributed by atoms with Gasteiger partial charge in [-0.2, -0.15) is 0 Å². The topological polar surface area (TPSA) is 29.5 Å². The van der Waals surface area contributed by atoms with E-state index in [1.54, 1.807) is 0 Å². The van der Waals surface area contributed by atoms with Gasteiger partial charge in [-0.05, 0) is 36.5 Å². The number of amides is 1. The van der Waals surface area contributed by atoms with Crippen LogP contribution in [0.15, 0.2) is 30.3 Å². The van der Waals surface area contributed by atoms with Crippen molar-refractivity contribution in [3.05, 3.63) is 35.9 Å². The molecule has 0 N–H and O–H groups in total. The van der Waals surface area contributed by atoms with E-state index in [1.165, 1.54) is 5.56 Å². The highest BCUT2D eigenvalue weighted by atomic mass is 28.4.